The number of rotatable bonds is 9. The van der Waals surface area contributed by atoms with Crippen molar-refractivity contribution in [3.05, 3.63) is 95.2 Å². The van der Waals surface area contributed by atoms with E-state index in [1.54, 1.807) is 6.07 Å². The van der Waals surface area contributed by atoms with Crippen LogP contribution in [0.3, 0.4) is 0 Å². The van der Waals surface area contributed by atoms with Crippen LogP contribution in [-0.4, -0.2) is 16.6 Å². The zero-order valence-corrected chi connectivity index (χ0v) is 16.4. The van der Waals surface area contributed by atoms with Crippen molar-refractivity contribution in [1.29, 1.82) is 0 Å². The summed E-state index contributed by atoms with van der Waals surface area (Å²) < 4.78 is 31.0. The Balaban J connectivity index is 1.54. The van der Waals surface area contributed by atoms with Crippen LogP contribution >= 0.6 is 11.8 Å². The molecule has 1 heterocycles. The Kier molecular flexibility index (Phi) is 7.72. The third-order valence-corrected chi connectivity index (χ3v) is 4.77. The summed E-state index contributed by atoms with van der Waals surface area (Å²) in [5, 5.41) is 2.78. The highest BCUT2D eigenvalue weighted by molar-refractivity contribution is 7.99. The summed E-state index contributed by atoms with van der Waals surface area (Å²) in [7, 11) is 0. The Morgan fingerprint density at radius 1 is 0.966 bits per heavy atom. The van der Waals surface area contributed by atoms with E-state index in [4.69, 9.17) is 4.74 Å². The zero-order chi connectivity index (χ0) is 20.5. The maximum Gasteiger partial charge on any atom is 0.290 e. The number of alkyl halides is 2. The first-order chi connectivity index (χ1) is 14.1. The van der Waals surface area contributed by atoms with Crippen LogP contribution in [0, 0.1) is 0 Å². The fourth-order valence-corrected chi connectivity index (χ4v) is 3.29. The highest BCUT2D eigenvalue weighted by Gasteiger charge is 2.16. The van der Waals surface area contributed by atoms with Crippen molar-refractivity contribution in [2.75, 3.05) is 0 Å². The number of aromatic nitrogens is 1. The minimum atomic E-state index is -2.64. The van der Waals surface area contributed by atoms with Crippen LogP contribution in [0.2, 0.25) is 0 Å². The van der Waals surface area contributed by atoms with Crippen molar-refractivity contribution in [1.82, 2.24) is 10.3 Å². The van der Waals surface area contributed by atoms with Gasteiger partial charge in [-0.2, -0.15) is 8.78 Å². The molecular formula is C22H20F2N2O2S. The van der Waals surface area contributed by atoms with Crippen LogP contribution < -0.4 is 5.32 Å². The monoisotopic (exact) mass is 414 g/mol. The van der Waals surface area contributed by atoms with Crippen LogP contribution in [0.5, 0.6) is 0 Å². The molecule has 0 bridgehead atoms. The molecule has 0 aliphatic rings. The molecule has 3 aromatic rings. The fraction of sp³-hybridized carbons (Fsp3) is 0.182. The Labute approximate surface area is 172 Å². The largest absolute Gasteiger partial charge is 0.372 e. The van der Waals surface area contributed by atoms with E-state index in [0.29, 0.717) is 13.2 Å². The summed E-state index contributed by atoms with van der Waals surface area (Å²) in [5.41, 5.74) is 3.12. The third-order valence-electron chi connectivity index (χ3n) is 4.04. The molecular weight excluding hydrogens is 394 g/mol. The summed E-state index contributed by atoms with van der Waals surface area (Å²) in [4.78, 5) is 16.3. The van der Waals surface area contributed by atoms with Crippen LogP contribution in [0.15, 0.2) is 78.0 Å². The molecule has 150 valence electrons. The summed E-state index contributed by atoms with van der Waals surface area (Å²) in [6, 6.07) is 20.6. The first kappa shape index (κ1) is 21.0. The number of carbonyl (C=O) groups is 1. The lowest BCUT2D eigenvalue weighted by molar-refractivity contribution is 0.0947. The predicted molar refractivity (Wildman–Crippen MR) is 109 cm³/mol. The number of pyridine rings is 1. The van der Waals surface area contributed by atoms with Gasteiger partial charge in [-0.15, -0.1) is 0 Å². The van der Waals surface area contributed by atoms with E-state index in [1.807, 2.05) is 54.6 Å². The van der Waals surface area contributed by atoms with E-state index in [-0.39, 0.29) is 28.9 Å². The summed E-state index contributed by atoms with van der Waals surface area (Å²) in [6.45, 7) is 1.25. The third kappa shape index (κ3) is 6.66. The highest BCUT2D eigenvalue weighted by Crippen LogP contribution is 2.26. The van der Waals surface area contributed by atoms with Crippen LogP contribution in [0.25, 0.3) is 0 Å². The van der Waals surface area contributed by atoms with Crippen LogP contribution in [-0.2, 0) is 24.5 Å². The molecule has 0 spiro atoms. The number of hydrogen-bond donors (Lipinski definition) is 1. The number of hydrogen-bond acceptors (Lipinski definition) is 4. The molecule has 0 saturated carbocycles. The summed E-state index contributed by atoms with van der Waals surface area (Å²) >= 11 is 0.263. The van der Waals surface area contributed by atoms with Gasteiger partial charge in [0, 0.05) is 12.7 Å². The minimum Gasteiger partial charge on any atom is -0.372 e. The van der Waals surface area contributed by atoms with Gasteiger partial charge >= 0.3 is 0 Å². The average molecular weight is 414 g/mol. The van der Waals surface area contributed by atoms with Gasteiger partial charge in [-0.3, -0.25) is 4.79 Å². The molecule has 0 atom stereocenters. The van der Waals surface area contributed by atoms with E-state index in [1.165, 1.54) is 12.3 Å². The number of amides is 1. The van der Waals surface area contributed by atoms with E-state index in [0.717, 1.165) is 16.7 Å². The topological polar surface area (TPSA) is 51.2 Å². The smallest absolute Gasteiger partial charge is 0.290 e. The number of benzene rings is 2. The molecule has 4 nitrogen and oxygen atoms in total. The van der Waals surface area contributed by atoms with E-state index in [9.17, 15) is 13.6 Å². The number of carbonyl (C=O) groups excluding carboxylic acids is 1. The second-order valence-corrected chi connectivity index (χ2v) is 7.19. The van der Waals surface area contributed by atoms with Gasteiger partial charge in [0.25, 0.3) is 11.7 Å². The maximum atomic E-state index is 12.6. The van der Waals surface area contributed by atoms with Gasteiger partial charge in [-0.1, -0.05) is 54.6 Å². The van der Waals surface area contributed by atoms with Gasteiger partial charge in [0.2, 0.25) is 0 Å². The van der Waals surface area contributed by atoms with Crippen molar-refractivity contribution < 1.29 is 18.3 Å². The molecule has 29 heavy (non-hydrogen) atoms. The summed E-state index contributed by atoms with van der Waals surface area (Å²) in [5.74, 6) is -3.07. The Hall–Kier alpha value is -2.77. The Morgan fingerprint density at radius 3 is 2.48 bits per heavy atom. The first-order valence-electron chi connectivity index (χ1n) is 8.99. The number of halogens is 2. The van der Waals surface area contributed by atoms with Gasteiger partial charge in [0.1, 0.15) is 5.03 Å². The van der Waals surface area contributed by atoms with Gasteiger partial charge < -0.3 is 10.1 Å². The number of thioether (sulfide) groups is 1. The van der Waals surface area contributed by atoms with Crippen LogP contribution in [0.4, 0.5) is 8.78 Å². The fourth-order valence-electron chi connectivity index (χ4n) is 2.71. The number of ether oxygens (including phenoxy) is 1. The SMILES string of the molecule is O=C(NCc1cccc(COCc2ccccc2)c1)c1cccnc1SC(F)F. The molecule has 0 aliphatic heterocycles. The lowest BCUT2D eigenvalue weighted by Gasteiger charge is -2.10. The second kappa shape index (κ2) is 10.7. The van der Waals surface area contributed by atoms with Gasteiger partial charge in [-0.25, -0.2) is 4.98 Å². The normalized spacial score (nSPS) is 10.9. The van der Waals surface area contributed by atoms with E-state index in [2.05, 4.69) is 10.3 Å². The van der Waals surface area contributed by atoms with E-state index < -0.39 is 11.7 Å². The molecule has 0 unspecified atom stereocenters. The van der Waals surface area contributed by atoms with Gasteiger partial charge in [-0.05, 0) is 40.6 Å². The van der Waals surface area contributed by atoms with Crippen molar-refractivity contribution in [2.45, 2.75) is 30.5 Å². The van der Waals surface area contributed by atoms with Crippen molar-refractivity contribution in [3.63, 3.8) is 0 Å². The van der Waals surface area contributed by atoms with E-state index >= 15 is 0 Å². The number of nitrogens with one attached hydrogen (secondary N) is 1. The maximum absolute atomic E-state index is 12.6. The minimum absolute atomic E-state index is 0.0167. The van der Waals surface area contributed by atoms with Gasteiger partial charge in [0.15, 0.2) is 0 Å². The highest BCUT2D eigenvalue weighted by atomic mass is 32.2. The zero-order valence-electron chi connectivity index (χ0n) is 15.6. The average Bonchev–Trinajstić information content (AvgIpc) is 2.73. The molecule has 2 aromatic carbocycles. The molecule has 3 rings (SSSR count). The lowest BCUT2D eigenvalue weighted by Crippen LogP contribution is -2.23. The van der Waals surface area contributed by atoms with Gasteiger partial charge in [0.05, 0.1) is 18.8 Å². The molecule has 1 aromatic heterocycles. The molecule has 0 saturated heterocycles. The predicted octanol–water partition coefficient (Wildman–Crippen LogP) is 5.04. The second-order valence-electron chi connectivity index (χ2n) is 6.22. The molecule has 0 radical (unpaired) electrons. The Bertz CT molecular complexity index is 939. The van der Waals surface area contributed by atoms with Crippen molar-refractivity contribution >= 4 is 17.7 Å². The summed E-state index contributed by atoms with van der Waals surface area (Å²) in [6.07, 6.45) is 1.39. The first-order valence-corrected chi connectivity index (χ1v) is 9.87. The molecule has 1 N–H and O–H groups in total. The molecule has 0 aliphatic carbocycles. The standard InChI is InChI=1S/C22H20F2N2O2S/c23-22(24)29-21-19(10-5-11-25-21)20(27)26-13-17-8-4-9-18(12-17)15-28-14-16-6-2-1-3-7-16/h1-12,22H,13-15H2,(H,26,27). The number of nitrogens with zero attached hydrogens (tertiary/aromatic N) is 1. The quantitative estimate of drug-likeness (QED) is 0.498. The molecule has 0 fully saturated rings. The molecule has 7 heteroatoms. The van der Waals surface area contributed by atoms with Crippen LogP contribution in [0.1, 0.15) is 27.0 Å². The Morgan fingerprint density at radius 2 is 1.69 bits per heavy atom. The van der Waals surface area contributed by atoms with Crippen molar-refractivity contribution in [3.8, 4) is 0 Å². The molecule has 1 amide bonds. The lowest BCUT2D eigenvalue weighted by atomic mass is 10.1. The van der Waals surface area contributed by atoms with Crippen molar-refractivity contribution in [2.24, 2.45) is 0 Å².